The van der Waals surface area contributed by atoms with Gasteiger partial charge in [-0.05, 0) is 95.2 Å². The van der Waals surface area contributed by atoms with Crippen LogP contribution in [0.2, 0.25) is 0 Å². The van der Waals surface area contributed by atoms with Crippen molar-refractivity contribution in [1.82, 2.24) is 14.9 Å². The van der Waals surface area contributed by atoms with E-state index in [9.17, 15) is 9.90 Å². The highest BCUT2D eigenvalue weighted by Gasteiger charge is 2.42. The molecule has 67 heavy (non-hydrogen) atoms. The predicted octanol–water partition coefficient (Wildman–Crippen LogP) is 9.48. The summed E-state index contributed by atoms with van der Waals surface area (Å²) in [5, 5.41) is 18.7. The lowest BCUT2D eigenvalue weighted by Gasteiger charge is -2.37. The highest BCUT2D eigenvalue weighted by Crippen LogP contribution is 2.43. The van der Waals surface area contributed by atoms with Crippen LogP contribution in [0.5, 0.6) is 17.2 Å². The summed E-state index contributed by atoms with van der Waals surface area (Å²) in [6, 6.07) is 56.8. The first kappa shape index (κ1) is 46.8. The van der Waals surface area contributed by atoms with E-state index in [4.69, 9.17) is 23.7 Å². The Balaban J connectivity index is 0.870. The Morgan fingerprint density at radius 3 is 1.54 bits per heavy atom. The maximum absolute atomic E-state index is 13.4. The van der Waals surface area contributed by atoms with Crippen molar-refractivity contribution < 1.29 is 28.8 Å². The number of aromatic nitrogens is 2. The van der Waals surface area contributed by atoms with Crippen molar-refractivity contribution in [2.24, 2.45) is 0 Å². The highest BCUT2D eigenvalue weighted by molar-refractivity contribution is 5.52. The number of hydrogen-bond acceptors (Lipinski definition) is 10. The van der Waals surface area contributed by atoms with Crippen LogP contribution < -0.4 is 30.5 Å². The lowest BCUT2D eigenvalue weighted by Crippen LogP contribution is -2.45. The third kappa shape index (κ3) is 10.5. The quantitative estimate of drug-likeness (QED) is 0.0448. The maximum atomic E-state index is 13.4. The minimum absolute atomic E-state index is 0.0338. The highest BCUT2D eigenvalue weighted by atomic mass is 16.6. The van der Waals surface area contributed by atoms with Gasteiger partial charge in [-0.15, -0.1) is 0 Å². The number of ether oxygens (including phenoxy) is 5. The largest absolute Gasteiger partial charge is 0.497 e. The monoisotopic (exact) mass is 900 g/mol. The molecule has 0 spiro atoms. The van der Waals surface area contributed by atoms with Gasteiger partial charge in [0.15, 0.2) is 0 Å². The summed E-state index contributed by atoms with van der Waals surface area (Å²) in [7, 11) is 4.96. The molecule has 0 radical (unpaired) electrons. The first-order chi connectivity index (χ1) is 32.9. The number of methoxy groups -OCH3 is 3. The van der Waals surface area contributed by atoms with Crippen molar-refractivity contribution in [3.63, 3.8) is 0 Å². The third-order valence-corrected chi connectivity index (χ3v) is 12.7. The Kier molecular flexibility index (Phi) is 15.5. The second-order valence-electron chi connectivity index (χ2n) is 16.7. The zero-order valence-corrected chi connectivity index (χ0v) is 38.4. The van der Waals surface area contributed by atoms with Gasteiger partial charge < -0.3 is 34.1 Å². The number of benzene rings is 6. The van der Waals surface area contributed by atoms with E-state index in [1.807, 2.05) is 91.0 Å². The van der Waals surface area contributed by atoms with Crippen LogP contribution in [0, 0.1) is 0 Å². The van der Waals surface area contributed by atoms with Crippen LogP contribution in [0.25, 0.3) is 0 Å². The van der Waals surface area contributed by atoms with Crippen LogP contribution in [-0.4, -0.2) is 67.9 Å². The van der Waals surface area contributed by atoms with Gasteiger partial charge in [-0.3, -0.25) is 9.88 Å². The zero-order valence-electron chi connectivity index (χ0n) is 38.4. The first-order valence-corrected chi connectivity index (χ1v) is 23.0. The first-order valence-electron chi connectivity index (χ1n) is 23.0. The molecule has 6 aromatic carbocycles. The number of hydrogen-bond donors (Lipinski definition) is 3. The van der Waals surface area contributed by atoms with E-state index in [1.54, 1.807) is 33.6 Å². The molecular weight excluding hydrogens is 841 g/mol. The van der Waals surface area contributed by atoms with Gasteiger partial charge in [0.25, 0.3) is 0 Å². The van der Waals surface area contributed by atoms with Crippen LogP contribution in [0.1, 0.15) is 71.7 Å². The summed E-state index contributed by atoms with van der Waals surface area (Å²) in [5.74, 6) is 2.76. The van der Waals surface area contributed by atoms with Gasteiger partial charge in [-0.25, -0.2) is 4.79 Å². The second-order valence-corrected chi connectivity index (χ2v) is 16.7. The van der Waals surface area contributed by atoms with Crippen molar-refractivity contribution in [1.29, 1.82) is 0 Å². The van der Waals surface area contributed by atoms with Gasteiger partial charge in [0.1, 0.15) is 41.0 Å². The van der Waals surface area contributed by atoms with Gasteiger partial charge in [-0.2, -0.15) is 4.98 Å². The third-order valence-electron chi connectivity index (χ3n) is 12.7. The predicted molar refractivity (Wildman–Crippen MR) is 262 cm³/mol. The van der Waals surface area contributed by atoms with Gasteiger partial charge in [0.05, 0.1) is 39.6 Å². The number of nitrogens with one attached hydrogen (secondary N) is 2. The van der Waals surface area contributed by atoms with E-state index in [0.717, 1.165) is 60.2 Å². The Labute approximate surface area is 393 Å². The Morgan fingerprint density at radius 2 is 1.04 bits per heavy atom. The molecule has 0 aliphatic carbocycles. The van der Waals surface area contributed by atoms with Gasteiger partial charge in [0.2, 0.25) is 0 Å². The molecule has 1 fully saturated rings. The van der Waals surface area contributed by atoms with Crippen LogP contribution in [0.4, 0.5) is 5.82 Å². The molecule has 1 aliphatic heterocycles. The van der Waals surface area contributed by atoms with E-state index in [2.05, 4.69) is 88.4 Å². The number of nitrogens with zero attached hydrogens (tertiary/aromatic N) is 2. The summed E-state index contributed by atoms with van der Waals surface area (Å²) >= 11 is 0. The molecule has 0 unspecified atom stereocenters. The molecule has 0 bridgehead atoms. The summed E-state index contributed by atoms with van der Waals surface area (Å²) in [5.41, 5.74) is 4.03. The molecule has 1 saturated heterocycles. The second kappa shape index (κ2) is 22.2. The van der Waals surface area contributed by atoms with E-state index in [0.29, 0.717) is 23.9 Å². The number of aliphatic hydroxyl groups is 1. The van der Waals surface area contributed by atoms with Crippen LogP contribution in [0.15, 0.2) is 181 Å². The molecule has 11 heteroatoms. The average Bonchev–Trinajstić information content (AvgIpc) is 3.76. The van der Waals surface area contributed by atoms with Crippen molar-refractivity contribution in [3.8, 4) is 17.2 Å². The molecule has 8 rings (SSSR count). The summed E-state index contributed by atoms with van der Waals surface area (Å²) < 4.78 is 31.3. The smallest absolute Gasteiger partial charge is 0.351 e. The fraction of sp³-hybridized carbons (Fsp3) is 0.286. The lowest BCUT2D eigenvalue weighted by atomic mass is 9.77. The van der Waals surface area contributed by atoms with Crippen LogP contribution >= 0.6 is 0 Å². The minimum Gasteiger partial charge on any atom is -0.497 e. The molecule has 1 aliphatic rings. The van der Waals surface area contributed by atoms with Gasteiger partial charge in [-0.1, -0.05) is 140 Å². The van der Waals surface area contributed by atoms with Crippen molar-refractivity contribution in [2.75, 3.05) is 46.3 Å². The molecule has 7 aromatic rings. The van der Waals surface area contributed by atoms with E-state index in [1.165, 1.54) is 15.7 Å². The summed E-state index contributed by atoms with van der Waals surface area (Å²) in [6.07, 6.45) is 3.51. The average molecular weight is 901 g/mol. The Morgan fingerprint density at radius 1 is 0.597 bits per heavy atom. The van der Waals surface area contributed by atoms with Crippen LogP contribution in [-0.2, 0) is 20.6 Å². The van der Waals surface area contributed by atoms with E-state index in [-0.39, 0.29) is 13.0 Å². The standard InChI is InChI=1S/C56H60N4O7/c1-63-47-29-23-43(24-30-47)55(41-17-9-6-10-18-41,42-19-11-7-12-20-42)58-37-16-5-4-15-36-57-52-35-38-60(54(62)59-52)53-39-50(61)51(67-53)40-66-56(44-21-13-8-14-22-44,45-25-31-48(64-2)32-26-45)46-27-33-49(65-3)34-28-46/h6-14,17-35,38,50-51,53,58,61H,4-5,15-16,36-37,39-40H2,1-3H3,(H,57,59,62)/t50-,51+,53+/m0/s1. The Bertz CT molecular complexity index is 2560. The molecule has 11 nitrogen and oxygen atoms in total. The molecular formula is C56H60N4O7. The van der Waals surface area contributed by atoms with Crippen molar-refractivity contribution >= 4 is 5.82 Å². The SMILES string of the molecule is COc1ccc(C(NCCCCCCNc2ccn([C@H]3C[C@H](O)[C@@H](COC(c4ccccc4)(c4ccc(OC)cc4)c4ccc(OC)cc4)O3)c(=O)n2)(c2ccccc2)c2ccccc2)cc1. The van der Waals surface area contributed by atoms with Crippen molar-refractivity contribution in [3.05, 3.63) is 220 Å². The van der Waals surface area contributed by atoms with Crippen LogP contribution in [0.3, 0.4) is 0 Å². The normalized spacial score (nSPS) is 16.1. The number of anilines is 1. The summed E-state index contributed by atoms with van der Waals surface area (Å²) in [4.78, 5) is 17.8. The number of unbranched alkanes of at least 4 members (excludes halogenated alkanes) is 3. The fourth-order valence-corrected chi connectivity index (χ4v) is 9.17. The van der Waals surface area contributed by atoms with Gasteiger partial charge >= 0.3 is 5.69 Å². The lowest BCUT2D eigenvalue weighted by molar-refractivity contribution is -0.0944. The zero-order chi connectivity index (χ0) is 46.5. The fourth-order valence-electron chi connectivity index (χ4n) is 9.17. The molecule has 0 saturated carbocycles. The van der Waals surface area contributed by atoms with Crippen molar-refractivity contribution in [2.45, 2.75) is 61.7 Å². The molecule has 3 N–H and O–H groups in total. The van der Waals surface area contributed by atoms with E-state index >= 15 is 0 Å². The number of aliphatic hydroxyl groups excluding tert-OH is 1. The minimum atomic E-state index is -1.09. The molecule has 0 amide bonds. The maximum Gasteiger partial charge on any atom is 0.351 e. The topological polar surface area (TPSA) is 125 Å². The number of rotatable bonds is 22. The molecule has 2 heterocycles. The van der Waals surface area contributed by atoms with Gasteiger partial charge in [0, 0.05) is 19.2 Å². The molecule has 1 aromatic heterocycles. The molecule has 3 atom stereocenters. The van der Waals surface area contributed by atoms with E-state index < -0.39 is 35.3 Å². The Hall–Kier alpha value is -6.76. The summed E-state index contributed by atoms with van der Waals surface area (Å²) in [6.45, 7) is 1.52. The molecule has 346 valence electrons.